The lowest BCUT2D eigenvalue weighted by Gasteiger charge is -2.05. The van der Waals surface area contributed by atoms with Crippen LogP contribution >= 0.6 is 0 Å². The molecule has 0 radical (unpaired) electrons. The number of aromatic nitrogens is 5. The SMILES string of the molecule is CCc1nc(CC)n(-c2nccnc2C(=O)O)n1. The minimum atomic E-state index is -1.13. The third-order valence-corrected chi connectivity index (χ3v) is 2.43. The van der Waals surface area contributed by atoms with Gasteiger partial charge in [-0.1, -0.05) is 13.8 Å². The second-order valence-electron chi connectivity index (χ2n) is 3.60. The normalized spacial score (nSPS) is 10.6. The Kier molecular flexibility index (Phi) is 3.31. The van der Waals surface area contributed by atoms with Crippen LogP contribution in [0.2, 0.25) is 0 Å². The average molecular weight is 247 g/mol. The molecule has 0 fully saturated rings. The van der Waals surface area contributed by atoms with Gasteiger partial charge in [-0.25, -0.2) is 19.7 Å². The van der Waals surface area contributed by atoms with Gasteiger partial charge in [0.15, 0.2) is 17.3 Å². The van der Waals surface area contributed by atoms with Crippen LogP contribution in [0, 0.1) is 0 Å². The van der Waals surface area contributed by atoms with E-state index in [4.69, 9.17) is 5.11 Å². The Hall–Kier alpha value is -2.31. The Labute approximate surface area is 104 Å². The Morgan fingerprint density at radius 2 is 2.00 bits per heavy atom. The lowest BCUT2D eigenvalue weighted by atomic mass is 10.4. The topological polar surface area (TPSA) is 93.8 Å². The summed E-state index contributed by atoms with van der Waals surface area (Å²) < 4.78 is 1.45. The highest BCUT2D eigenvalue weighted by molar-refractivity contribution is 5.88. The van der Waals surface area contributed by atoms with Crippen molar-refractivity contribution in [3.63, 3.8) is 0 Å². The maximum Gasteiger partial charge on any atom is 0.358 e. The van der Waals surface area contributed by atoms with Crippen LogP contribution in [-0.2, 0) is 12.8 Å². The molecule has 0 unspecified atom stereocenters. The summed E-state index contributed by atoms with van der Waals surface area (Å²) in [5.41, 5.74) is -0.125. The molecule has 0 aromatic carbocycles. The summed E-state index contributed by atoms with van der Waals surface area (Å²) in [6.07, 6.45) is 4.11. The Morgan fingerprint density at radius 1 is 1.28 bits per heavy atom. The summed E-state index contributed by atoms with van der Waals surface area (Å²) in [5.74, 6) is 0.409. The second kappa shape index (κ2) is 4.91. The molecule has 2 heterocycles. The highest BCUT2D eigenvalue weighted by Crippen LogP contribution is 2.11. The number of nitrogens with zero attached hydrogens (tertiary/aromatic N) is 5. The molecule has 0 aliphatic heterocycles. The number of rotatable bonds is 4. The molecule has 0 aliphatic rings. The minimum Gasteiger partial charge on any atom is -0.476 e. The largest absolute Gasteiger partial charge is 0.476 e. The number of aryl methyl sites for hydroxylation is 2. The average Bonchev–Trinajstić information content (AvgIpc) is 2.81. The van der Waals surface area contributed by atoms with Crippen molar-refractivity contribution < 1.29 is 9.90 Å². The molecule has 1 N–H and O–H groups in total. The zero-order chi connectivity index (χ0) is 13.1. The van der Waals surface area contributed by atoms with E-state index in [1.807, 2.05) is 13.8 Å². The zero-order valence-electron chi connectivity index (χ0n) is 10.2. The molecule has 0 aliphatic carbocycles. The van der Waals surface area contributed by atoms with Crippen molar-refractivity contribution in [2.24, 2.45) is 0 Å². The lowest BCUT2D eigenvalue weighted by molar-refractivity contribution is 0.0689. The smallest absolute Gasteiger partial charge is 0.358 e. The van der Waals surface area contributed by atoms with E-state index in [0.29, 0.717) is 24.5 Å². The number of carboxylic acid groups (broad SMARTS) is 1. The third kappa shape index (κ3) is 2.06. The first-order valence-electron chi connectivity index (χ1n) is 5.66. The monoisotopic (exact) mass is 247 g/mol. The van der Waals surface area contributed by atoms with E-state index in [1.165, 1.54) is 17.1 Å². The predicted molar refractivity (Wildman–Crippen MR) is 62.7 cm³/mol. The Bertz CT molecular complexity index is 579. The fourth-order valence-corrected chi connectivity index (χ4v) is 1.58. The first-order chi connectivity index (χ1) is 8.67. The maximum absolute atomic E-state index is 11.1. The molecule has 2 aromatic rings. The summed E-state index contributed by atoms with van der Waals surface area (Å²) in [6, 6.07) is 0. The van der Waals surface area contributed by atoms with Gasteiger partial charge >= 0.3 is 5.97 Å². The van der Waals surface area contributed by atoms with E-state index in [0.717, 1.165) is 0 Å². The van der Waals surface area contributed by atoms with E-state index in [1.54, 1.807) is 0 Å². The molecular weight excluding hydrogens is 234 g/mol. The van der Waals surface area contributed by atoms with Gasteiger partial charge in [0.25, 0.3) is 0 Å². The minimum absolute atomic E-state index is 0.125. The van der Waals surface area contributed by atoms with E-state index < -0.39 is 5.97 Å². The lowest BCUT2D eigenvalue weighted by Crippen LogP contribution is -2.13. The standard InChI is InChI=1S/C11H13N5O2/c1-3-7-14-8(4-2)16(15-7)10-9(11(17)18)12-5-6-13-10/h5-6H,3-4H2,1-2H3,(H,17,18). The maximum atomic E-state index is 11.1. The number of hydrogen-bond acceptors (Lipinski definition) is 5. The van der Waals surface area contributed by atoms with Crippen LogP contribution < -0.4 is 0 Å². The number of aromatic carboxylic acids is 1. The molecule has 7 nitrogen and oxygen atoms in total. The van der Waals surface area contributed by atoms with Gasteiger partial charge in [-0.3, -0.25) is 0 Å². The molecule has 0 amide bonds. The van der Waals surface area contributed by atoms with Crippen molar-refractivity contribution in [1.29, 1.82) is 0 Å². The van der Waals surface area contributed by atoms with Gasteiger partial charge in [-0.05, 0) is 0 Å². The predicted octanol–water partition coefficient (Wildman–Crippen LogP) is 0.880. The molecule has 7 heteroatoms. The highest BCUT2D eigenvalue weighted by atomic mass is 16.4. The van der Waals surface area contributed by atoms with Crippen molar-refractivity contribution in [1.82, 2.24) is 24.7 Å². The Balaban J connectivity index is 2.61. The van der Waals surface area contributed by atoms with Crippen molar-refractivity contribution in [3.8, 4) is 5.82 Å². The van der Waals surface area contributed by atoms with Crippen LogP contribution in [0.25, 0.3) is 5.82 Å². The van der Waals surface area contributed by atoms with Gasteiger partial charge < -0.3 is 5.11 Å². The van der Waals surface area contributed by atoms with Gasteiger partial charge in [-0.15, -0.1) is 5.10 Å². The quantitative estimate of drug-likeness (QED) is 0.861. The molecule has 2 aromatic heterocycles. The van der Waals surface area contributed by atoms with E-state index in [-0.39, 0.29) is 11.5 Å². The van der Waals surface area contributed by atoms with Gasteiger partial charge in [0.2, 0.25) is 0 Å². The van der Waals surface area contributed by atoms with Gasteiger partial charge in [0.1, 0.15) is 5.82 Å². The first-order valence-corrected chi connectivity index (χ1v) is 5.66. The molecule has 2 rings (SSSR count). The van der Waals surface area contributed by atoms with Crippen LogP contribution in [0.4, 0.5) is 0 Å². The summed E-state index contributed by atoms with van der Waals surface area (Å²) >= 11 is 0. The van der Waals surface area contributed by atoms with Crippen LogP contribution in [0.1, 0.15) is 36.0 Å². The van der Waals surface area contributed by atoms with Gasteiger partial charge in [0.05, 0.1) is 0 Å². The molecule has 94 valence electrons. The van der Waals surface area contributed by atoms with Crippen molar-refractivity contribution in [2.75, 3.05) is 0 Å². The van der Waals surface area contributed by atoms with Crippen LogP contribution in [-0.4, -0.2) is 35.8 Å². The summed E-state index contributed by atoms with van der Waals surface area (Å²) in [7, 11) is 0. The van der Waals surface area contributed by atoms with Gasteiger partial charge in [-0.2, -0.15) is 4.68 Å². The van der Waals surface area contributed by atoms with Crippen molar-refractivity contribution >= 4 is 5.97 Å². The number of carbonyl (C=O) groups is 1. The fourth-order valence-electron chi connectivity index (χ4n) is 1.58. The third-order valence-electron chi connectivity index (χ3n) is 2.43. The molecule has 0 atom stereocenters. The molecule has 18 heavy (non-hydrogen) atoms. The summed E-state index contributed by atoms with van der Waals surface area (Å²) in [4.78, 5) is 23.3. The number of hydrogen-bond donors (Lipinski definition) is 1. The summed E-state index contributed by atoms with van der Waals surface area (Å²) in [6.45, 7) is 3.87. The van der Waals surface area contributed by atoms with Crippen LogP contribution in [0.3, 0.4) is 0 Å². The van der Waals surface area contributed by atoms with E-state index in [9.17, 15) is 4.79 Å². The zero-order valence-corrected chi connectivity index (χ0v) is 10.2. The second-order valence-corrected chi connectivity index (χ2v) is 3.60. The van der Waals surface area contributed by atoms with Crippen molar-refractivity contribution in [2.45, 2.75) is 26.7 Å². The molecule has 0 saturated carbocycles. The van der Waals surface area contributed by atoms with Gasteiger partial charge in [0, 0.05) is 25.2 Å². The highest BCUT2D eigenvalue weighted by Gasteiger charge is 2.18. The number of carboxylic acids is 1. The molecule has 0 bridgehead atoms. The summed E-state index contributed by atoms with van der Waals surface area (Å²) in [5, 5.41) is 13.3. The fraction of sp³-hybridized carbons (Fsp3) is 0.364. The Morgan fingerprint density at radius 3 is 2.61 bits per heavy atom. The van der Waals surface area contributed by atoms with E-state index >= 15 is 0 Å². The van der Waals surface area contributed by atoms with E-state index in [2.05, 4.69) is 20.1 Å². The molecule has 0 saturated heterocycles. The first kappa shape index (κ1) is 12.2. The molecule has 0 spiro atoms. The van der Waals surface area contributed by atoms with Crippen LogP contribution in [0.15, 0.2) is 12.4 Å². The molecular formula is C11H13N5O2. The van der Waals surface area contributed by atoms with Crippen molar-refractivity contribution in [3.05, 3.63) is 29.7 Å². The van der Waals surface area contributed by atoms with Crippen LogP contribution in [0.5, 0.6) is 0 Å².